The van der Waals surface area contributed by atoms with Crippen LogP contribution in [0.1, 0.15) is 0 Å². The highest BCUT2D eigenvalue weighted by Crippen LogP contribution is 2.27. The molecule has 1 atom stereocenters. The van der Waals surface area contributed by atoms with Crippen LogP contribution in [0.5, 0.6) is 5.75 Å². The summed E-state index contributed by atoms with van der Waals surface area (Å²) < 4.78 is 5.34. The Labute approximate surface area is 75.5 Å². The summed E-state index contributed by atoms with van der Waals surface area (Å²) in [5.74, 6) is 1.28. The van der Waals surface area contributed by atoms with E-state index in [-0.39, 0.29) is 12.6 Å². The predicted molar refractivity (Wildman–Crippen MR) is 48.6 cm³/mol. The van der Waals surface area contributed by atoms with E-state index in [1.54, 1.807) is 12.3 Å². The van der Waals surface area contributed by atoms with Crippen molar-refractivity contribution in [2.45, 2.75) is 6.04 Å². The maximum Gasteiger partial charge on any atom is 0.169 e. The van der Waals surface area contributed by atoms with Crippen LogP contribution in [0.15, 0.2) is 12.3 Å². The molecule has 13 heavy (non-hydrogen) atoms. The van der Waals surface area contributed by atoms with Gasteiger partial charge < -0.3 is 20.9 Å². The Morgan fingerprint density at radius 2 is 2.62 bits per heavy atom. The molecule has 0 saturated carbocycles. The standard InChI is InChI=1S/C8H11N3O2/c9-5-1-7-8(10-2-5)11-6(3-12)4-13-7/h1-2,6,12H,3-4,9H2,(H,10,11). The Balaban J connectivity index is 2.26. The third kappa shape index (κ3) is 1.50. The third-order valence-electron chi connectivity index (χ3n) is 1.88. The van der Waals surface area contributed by atoms with Gasteiger partial charge in [-0.1, -0.05) is 0 Å². The van der Waals surface area contributed by atoms with E-state index in [2.05, 4.69) is 10.3 Å². The highest BCUT2D eigenvalue weighted by atomic mass is 16.5. The van der Waals surface area contributed by atoms with Crippen molar-refractivity contribution in [1.82, 2.24) is 4.98 Å². The van der Waals surface area contributed by atoms with E-state index in [1.165, 1.54) is 0 Å². The van der Waals surface area contributed by atoms with Crippen molar-refractivity contribution in [2.24, 2.45) is 0 Å². The molecule has 0 bridgehead atoms. The summed E-state index contributed by atoms with van der Waals surface area (Å²) in [6.07, 6.45) is 1.55. The largest absolute Gasteiger partial charge is 0.487 e. The van der Waals surface area contributed by atoms with E-state index in [9.17, 15) is 0 Å². The number of fused-ring (bicyclic) bond motifs is 1. The van der Waals surface area contributed by atoms with E-state index < -0.39 is 0 Å². The molecule has 0 aromatic carbocycles. The van der Waals surface area contributed by atoms with E-state index in [0.717, 1.165) is 0 Å². The zero-order chi connectivity index (χ0) is 9.26. The van der Waals surface area contributed by atoms with Crippen LogP contribution >= 0.6 is 0 Å². The van der Waals surface area contributed by atoms with Crippen LogP contribution in [0.2, 0.25) is 0 Å². The Hall–Kier alpha value is -1.49. The van der Waals surface area contributed by atoms with Gasteiger partial charge in [-0.25, -0.2) is 4.98 Å². The number of ether oxygens (including phenoxy) is 1. The van der Waals surface area contributed by atoms with Gasteiger partial charge in [-0.05, 0) is 0 Å². The van der Waals surface area contributed by atoms with Crippen LogP contribution in [0, 0.1) is 0 Å². The number of nitrogens with one attached hydrogen (secondary N) is 1. The fourth-order valence-corrected chi connectivity index (χ4v) is 1.20. The number of hydrogen-bond acceptors (Lipinski definition) is 5. The minimum atomic E-state index is -0.0800. The van der Waals surface area contributed by atoms with E-state index in [4.69, 9.17) is 15.6 Å². The van der Waals surface area contributed by atoms with Gasteiger partial charge in [-0.3, -0.25) is 0 Å². The first-order chi connectivity index (χ1) is 6.29. The topological polar surface area (TPSA) is 80.4 Å². The highest BCUT2D eigenvalue weighted by molar-refractivity contribution is 5.58. The number of aliphatic hydroxyl groups is 1. The maximum atomic E-state index is 8.88. The number of aromatic nitrogens is 1. The molecule has 0 aliphatic carbocycles. The second-order valence-electron chi connectivity index (χ2n) is 2.95. The molecule has 1 aromatic heterocycles. The van der Waals surface area contributed by atoms with Gasteiger partial charge in [0.15, 0.2) is 11.6 Å². The molecule has 5 nitrogen and oxygen atoms in total. The number of nitrogens with zero attached hydrogens (tertiary/aromatic N) is 1. The number of nitrogen functional groups attached to an aromatic ring is 1. The molecular weight excluding hydrogens is 170 g/mol. The van der Waals surface area contributed by atoms with Gasteiger partial charge in [-0.2, -0.15) is 0 Å². The molecule has 0 fully saturated rings. The quantitative estimate of drug-likeness (QED) is 0.560. The second-order valence-corrected chi connectivity index (χ2v) is 2.95. The summed E-state index contributed by atoms with van der Waals surface area (Å²) in [6.45, 7) is 0.472. The molecule has 0 saturated heterocycles. The predicted octanol–water partition coefficient (Wildman–Crippen LogP) is -0.171. The number of hydrogen-bond donors (Lipinski definition) is 3. The van der Waals surface area contributed by atoms with Gasteiger partial charge in [0.1, 0.15) is 6.61 Å². The van der Waals surface area contributed by atoms with Crippen molar-refractivity contribution < 1.29 is 9.84 Å². The summed E-state index contributed by atoms with van der Waals surface area (Å²) in [5, 5.41) is 11.9. The first-order valence-corrected chi connectivity index (χ1v) is 4.05. The number of rotatable bonds is 1. The van der Waals surface area contributed by atoms with Crippen LogP contribution in [0.25, 0.3) is 0 Å². The van der Waals surface area contributed by atoms with Crippen LogP contribution < -0.4 is 15.8 Å². The number of aliphatic hydroxyl groups excluding tert-OH is 1. The van der Waals surface area contributed by atoms with E-state index in [1.807, 2.05) is 0 Å². The summed E-state index contributed by atoms with van der Waals surface area (Å²) in [7, 11) is 0. The summed E-state index contributed by atoms with van der Waals surface area (Å²) in [4.78, 5) is 4.04. The first-order valence-electron chi connectivity index (χ1n) is 4.05. The molecule has 5 heteroatoms. The molecule has 2 heterocycles. The molecular formula is C8H11N3O2. The van der Waals surface area contributed by atoms with Crippen LogP contribution in [-0.2, 0) is 0 Å². The fourth-order valence-electron chi connectivity index (χ4n) is 1.20. The molecule has 0 spiro atoms. The molecule has 4 N–H and O–H groups in total. The molecule has 70 valence electrons. The normalized spacial score (nSPS) is 19.9. The van der Waals surface area contributed by atoms with Crippen molar-refractivity contribution >= 4 is 11.5 Å². The van der Waals surface area contributed by atoms with Crippen LogP contribution in [0.4, 0.5) is 11.5 Å². The zero-order valence-corrected chi connectivity index (χ0v) is 7.03. The lowest BCUT2D eigenvalue weighted by Gasteiger charge is -2.24. The van der Waals surface area contributed by atoms with Crippen LogP contribution in [0.3, 0.4) is 0 Å². The lowest BCUT2D eigenvalue weighted by atomic mass is 10.2. The monoisotopic (exact) mass is 181 g/mol. The fraction of sp³-hybridized carbons (Fsp3) is 0.375. The van der Waals surface area contributed by atoms with Crippen molar-refractivity contribution in [1.29, 1.82) is 0 Å². The Kier molecular flexibility index (Phi) is 1.94. The zero-order valence-electron chi connectivity index (χ0n) is 7.03. The minimum absolute atomic E-state index is 0.0332. The average Bonchev–Trinajstić information content (AvgIpc) is 2.17. The molecule has 0 radical (unpaired) electrons. The minimum Gasteiger partial charge on any atom is -0.487 e. The maximum absolute atomic E-state index is 8.88. The summed E-state index contributed by atoms with van der Waals surface area (Å²) >= 11 is 0. The lowest BCUT2D eigenvalue weighted by Crippen LogP contribution is -2.34. The number of anilines is 2. The summed E-state index contributed by atoms with van der Waals surface area (Å²) in [5.41, 5.74) is 6.10. The van der Waals surface area contributed by atoms with Crippen molar-refractivity contribution in [3.63, 3.8) is 0 Å². The van der Waals surface area contributed by atoms with Gasteiger partial charge >= 0.3 is 0 Å². The molecule has 1 aromatic rings. The van der Waals surface area contributed by atoms with Crippen molar-refractivity contribution in [3.8, 4) is 5.75 Å². The molecule has 1 unspecified atom stereocenters. The van der Waals surface area contributed by atoms with E-state index >= 15 is 0 Å². The molecule has 0 amide bonds. The van der Waals surface area contributed by atoms with Gasteiger partial charge in [0.25, 0.3) is 0 Å². The smallest absolute Gasteiger partial charge is 0.169 e. The average molecular weight is 181 g/mol. The Morgan fingerprint density at radius 3 is 3.38 bits per heavy atom. The Bertz CT molecular complexity index is 316. The number of pyridine rings is 1. The molecule has 1 aliphatic heterocycles. The van der Waals surface area contributed by atoms with Crippen molar-refractivity contribution in [3.05, 3.63) is 12.3 Å². The van der Waals surface area contributed by atoms with Gasteiger partial charge in [0.2, 0.25) is 0 Å². The number of nitrogens with two attached hydrogens (primary N) is 1. The molecule has 1 aliphatic rings. The SMILES string of the molecule is Nc1cnc2c(c1)OCC(CO)N2. The van der Waals surface area contributed by atoms with Gasteiger partial charge in [0.05, 0.1) is 24.5 Å². The first kappa shape index (κ1) is 8.12. The lowest BCUT2D eigenvalue weighted by molar-refractivity contribution is 0.206. The summed E-state index contributed by atoms with van der Waals surface area (Å²) in [6, 6.07) is 1.63. The van der Waals surface area contributed by atoms with E-state index in [0.29, 0.717) is 23.9 Å². The third-order valence-corrected chi connectivity index (χ3v) is 1.88. The van der Waals surface area contributed by atoms with Gasteiger partial charge in [-0.15, -0.1) is 0 Å². The van der Waals surface area contributed by atoms with Crippen LogP contribution in [-0.4, -0.2) is 29.3 Å². The van der Waals surface area contributed by atoms with Crippen molar-refractivity contribution in [2.75, 3.05) is 24.3 Å². The van der Waals surface area contributed by atoms with Gasteiger partial charge in [0, 0.05) is 6.07 Å². The highest BCUT2D eigenvalue weighted by Gasteiger charge is 2.18. The Morgan fingerprint density at radius 1 is 1.77 bits per heavy atom. The second kappa shape index (κ2) is 3.10. The molecule has 2 rings (SSSR count).